The first-order valence-corrected chi connectivity index (χ1v) is 6.07. The quantitative estimate of drug-likeness (QED) is 0.924. The van der Waals surface area contributed by atoms with Crippen LogP contribution in [0.4, 0.5) is 18.3 Å². The lowest BCUT2D eigenvalue weighted by atomic mass is 10.3. The number of halogens is 4. The predicted octanol–water partition coefficient (Wildman–Crippen LogP) is 3.46. The van der Waals surface area contributed by atoms with E-state index in [1.807, 2.05) is 0 Å². The lowest BCUT2D eigenvalue weighted by Gasteiger charge is -2.02. The van der Waals surface area contributed by atoms with Crippen LogP contribution in [0.15, 0.2) is 23.7 Å². The maximum Gasteiger partial charge on any atom is 0.434 e. The Hall–Kier alpha value is -1.67. The molecule has 0 aliphatic carbocycles. The topological polar surface area (TPSA) is 54.9 Å². The molecule has 0 aliphatic heterocycles. The first kappa shape index (κ1) is 13.8. The molecule has 1 N–H and O–H groups in total. The molecule has 2 aromatic heterocycles. The molecule has 0 atom stereocenters. The van der Waals surface area contributed by atoms with Crippen LogP contribution in [-0.2, 0) is 6.18 Å². The molecule has 0 fully saturated rings. The molecule has 2 rings (SSSR count). The van der Waals surface area contributed by atoms with Crippen molar-refractivity contribution < 1.29 is 18.0 Å². The van der Waals surface area contributed by atoms with Gasteiger partial charge >= 0.3 is 6.18 Å². The number of alkyl halides is 3. The van der Waals surface area contributed by atoms with E-state index in [0.29, 0.717) is 16.4 Å². The van der Waals surface area contributed by atoms with Crippen LogP contribution >= 0.6 is 22.9 Å². The number of rotatable bonds is 2. The van der Waals surface area contributed by atoms with Crippen molar-refractivity contribution in [3.63, 3.8) is 0 Å². The summed E-state index contributed by atoms with van der Waals surface area (Å²) in [6.07, 6.45) is -3.21. The number of thiazole rings is 1. The standard InChI is InChI=1S/C10H5ClF3N3OS/c11-5-1-2-15-6(3-5)8(18)17-9-16-7(4-19-9)10(12,13)14/h1-4H,(H,16,17,18). The van der Waals surface area contributed by atoms with E-state index in [-0.39, 0.29) is 10.8 Å². The van der Waals surface area contributed by atoms with E-state index in [1.54, 1.807) is 0 Å². The van der Waals surface area contributed by atoms with Crippen LogP contribution in [0.25, 0.3) is 0 Å². The fourth-order valence-electron chi connectivity index (χ4n) is 1.15. The minimum Gasteiger partial charge on any atom is -0.296 e. The smallest absolute Gasteiger partial charge is 0.296 e. The van der Waals surface area contributed by atoms with Gasteiger partial charge in [0.05, 0.1) is 0 Å². The molecule has 0 unspecified atom stereocenters. The number of hydrogen-bond acceptors (Lipinski definition) is 4. The summed E-state index contributed by atoms with van der Waals surface area (Å²) in [7, 11) is 0. The second kappa shape index (κ2) is 5.14. The fourth-order valence-corrected chi connectivity index (χ4v) is 2.02. The van der Waals surface area contributed by atoms with Crippen LogP contribution in [0.2, 0.25) is 5.02 Å². The Morgan fingerprint density at radius 1 is 1.42 bits per heavy atom. The van der Waals surface area contributed by atoms with Crippen LogP contribution in [0, 0.1) is 0 Å². The van der Waals surface area contributed by atoms with Gasteiger partial charge in [-0.3, -0.25) is 15.1 Å². The Balaban J connectivity index is 2.13. The number of amides is 1. The minimum atomic E-state index is -4.53. The number of anilines is 1. The van der Waals surface area contributed by atoms with Gasteiger partial charge in [0.25, 0.3) is 5.91 Å². The Labute approximate surface area is 114 Å². The third-order valence-electron chi connectivity index (χ3n) is 1.97. The molecule has 0 radical (unpaired) electrons. The molecule has 2 heterocycles. The second-order valence-electron chi connectivity index (χ2n) is 3.35. The largest absolute Gasteiger partial charge is 0.434 e. The van der Waals surface area contributed by atoms with E-state index in [2.05, 4.69) is 15.3 Å². The maximum atomic E-state index is 12.3. The maximum absolute atomic E-state index is 12.3. The van der Waals surface area contributed by atoms with Crippen molar-refractivity contribution in [2.75, 3.05) is 5.32 Å². The average Bonchev–Trinajstić information content (AvgIpc) is 2.77. The van der Waals surface area contributed by atoms with Crippen LogP contribution in [-0.4, -0.2) is 15.9 Å². The molecule has 2 aromatic rings. The van der Waals surface area contributed by atoms with Crippen LogP contribution in [0.5, 0.6) is 0 Å². The Morgan fingerprint density at radius 2 is 2.16 bits per heavy atom. The molecule has 1 amide bonds. The van der Waals surface area contributed by atoms with Gasteiger partial charge in [-0.05, 0) is 12.1 Å². The van der Waals surface area contributed by atoms with Crippen molar-refractivity contribution in [1.29, 1.82) is 0 Å². The highest BCUT2D eigenvalue weighted by Gasteiger charge is 2.33. The van der Waals surface area contributed by atoms with Crippen molar-refractivity contribution in [3.8, 4) is 0 Å². The second-order valence-corrected chi connectivity index (χ2v) is 4.64. The van der Waals surface area contributed by atoms with E-state index in [1.165, 1.54) is 18.3 Å². The number of carbonyl (C=O) groups is 1. The molecule has 0 aliphatic rings. The van der Waals surface area contributed by atoms with Crippen molar-refractivity contribution in [2.24, 2.45) is 0 Å². The van der Waals surface area contributed by atoms with Crippen molar-refractivity contribution >= 4 is 34.0 Å². The summed E-state index contributed by atoms with van der Waals surface area (Å²) < 4.78 is 36.9. The number of nitrogens with zero attached hydrogens (tertiary/aromatic N) is 2. The van der Waals surface area contributed by atoms with E-state index in [9.17, 15) is 18.0 Å². The zero-order valence-corrected chi connectivity index (χ0v) is 10.6. The summed E-state index contributed by atoms with van der Waals surface area (Å²) in [5.41, 5.74) is -1.05. The number of pyridine rings is 1. The van der Waals surface area contributed by atoms with Crippen molar-refractivity contribution in [2.45, 2.75) is 6.18 Å². The third kappa shape index (κ3) is 3.42. The number of aromatic nitrogens is 2. The highest BCUT2D eigenvalue weighted by atomic mass is 35.5. The van der Waals surface area contributed by atoms with Gasteiger partial charge < -0.3 is 0 Å². The van der Waals surface area contributed by atoms with E-state index < -0.39 is 17.8 Å². The molecule has 0 spiro atoms. The Kier molecular flexibility index (Phi) is 3.72. The molecule has 9 heteroatoms. The summed E-state index contributed by atoms with van der Waals surface area (Å²) in [5, 5.41) is 3.19. The van der Waals surface area contributed by atoms with E-state index >= 15 is 0 Å². The van der Waals surface area contributed by atoms with Crippen molar-refractivity contribution in [1.82, 2.24) is 9.97 Å². The molecule has 0 saturated heterocycles. The molecule has 19 heavy (non-hydrogen) atoms. The highest BCUT2D eigenvalue weighted by molar-refractivity contribution is 7.14. The predicted molar refractivity (Wildman–Crippen MR) is 64.3 cm³/mol. The molecule has 0 aromatic carbocycles. The molecular weight excluding hydrogens is 303 g/mol. The Bertz CT molecular complexity index is 614. The Morgan fingerprint density at radius 3 is 2.74 bits per heavy atom. The average molecular weight is 308 g/mol. The highest BCUT2D eigenvalue weighted by Crippen LogP contribution is 2.31. The lowest BCUT2D eigenvalue weighted by molar-refractivity contribution is -0.140. The van der Waals surface area contributed by atoms with Gasteiger partial charge in [-0.15, -0.1) is 11.3 Å². The lowest BCUT2D eigenvalue weighted by Crippen LogP contribution is -2.14. The number of nitrogens with one attached hydrogen (secondary N) is 1. The zero-order chi connectivity index (χ0) is 14.0. The van der Waals surface area contributed by atoms with Gasteiger partial charge in [0.15, 0.2) is 10.8 Å². The SMILES string of the molecule is O=C(Nc1nc(C(F)(F)F)cs1)c1cc(Cl)ccn1. The van der Waals surface area contributed by atoms with Gasteiger partial charge in [-0.1, -0.05) is 11.6 Å². The summed E-state index contributed by atoms with van der Waals surface area (Å²) in [6.45, 7) is 0. The van der Waals surface area contributed by atoms with E-state index in [0.717, 1.165) is 5.38 Å². The van der Waals surface area contributed by atoms with Gasteiger partial charge in [0.2, 0.25) is 0 Å². The van der Waals surface area contributed by atoms with Crippen LogP contribution in [0.1, 0.15) is 16.2 Å². The molecule has 0 bridgehead atoms. The minimum absolute atomic E-state index is 0.00346. The normalized spacial score (nSPS) is 11.4. The van der Waals surface area contributed by atoms with Crippen LogP contribution < -0.4 is 5.32 Å². The van der Waals surface area contributed by atoms with E-state index in [4.69, 9.17) is 11.6 Å². The molecule has 4 nitrogen and oxygen atoms in total. The number of carbonyl (C=O) groups excluding carboxylic acids is 1. The summed E-state index contributed by atoms with van der Waals surface area (Å²) in [5.74, 6) is -0.675. The van der Waals surface area contributed by atoms with Gasteiger partial charge in [0, 0.05) is 16.6 Å². The zero-order valence-electron chi connectivity index (χ0n) is 9.03. The number of hydrogen-bond donors (Lipinski definition) is 1. The monoisotopic (exact) mass is 307 g/mol. The fraction of sp³-hybridized carbons (Fsp3) is 0.100. The summed E-state index contributed by atoms with van der Waals surface area (Å²) in [4.78, 5) is 18.7. The van der Waals surface area contributed by atoms with Gasteiger partial charge in [0.1, 0.15) is 5.69 Å². The molecule has 100 valence electrons. The molecule has 0 saturated carbocycles. The summed E-state index contributed by atoms with van der Waals surface area (Å²) in [6, 6.07) is 2.78. The summed E-state index contributed by atoms with van der Waals surface area (Å²) >= 11 is 6.35. The first-order valence-electron chi connectivity index (χ1n) is 4.82. The van der Waals surface area contributed by atoms with Gasteiger partial charge in [-0.25, -0.2) is 4.98 Å². The molecular formula is C10H5ClF3N3OS. The third-order valence-corrected chi connectivity index (χ3v) is 2.96. The van der Waals surface area contributed by atoms with Crippen molar-refractivity contribution in [3.05, 3.63) is 40.1 Å². The first-order chi connectivity index (χ1) is 8.86. The van der Waals surface area contributed by atoms with Crippen LogP contribution in [0.3, 0.4) is 0 Å². The van der Waals surface area contributed by atoms with Gasteiger partial charge in [-0.2, -0.15) is 13.2 Å².